The Kier molecular flexibility index (Phi) is 2.81. The fourth-order valence-corrected chi connectivity index (χ4v) is 1.33. The molecule has 0 fully saturated rings. The number of hydrogen-bond donors (Lipinski definition) is 0. The maximum atomic E-state index is 11.2. The van der Waals surface area contributed by atoms with Crippen LogP contribution in [0.4, 0.5) is 0 Å². The Balaban J connectivity index is 3.33. The van der Waals surface area contributed by atoms with Gasteiger partial charge in [-0.05, 0) is 38.8 Å². The topological polar surface area (TPSA) is 30.0 Å². The van der Waals surface area contributed by atoms with Crippen LogP contribution in [0.3, 0.4) is 0 Å². The molecule has 1 aromatic rings. The van der Waals surface area contributed by atoms with Gasteiger partial charge < -0.3 is 0 Å². The van der Waals surface area contributed by atoms with Gasteiger partial charge in [-0.2, -0.15) is 0 Å². The first-order valence-electron chi connectivity index (χ1n) is 4.54. The minimum absolute atomic E-state index is 0.104. The lowest BCUT2D eigenvalue weighted by Crippen LogP contribution is -2.04. The highest BCUT2D eigenvalue weighted by Gasteiger charge is 2.08. The number of ketones is 1. The van der Waals surface area contributed by atoms with Gasteiger partial charge in [0.2, 0.25) is 0 Å². The molecule has 13 heavy (non-hydrogen) atoms. The second-order valence-corrected chi connectivity index (χ2v) is 3.29. The third-order valence-corrected chi connectivity index (χ3v) is 2.26. The van der Waals surface area contributed by atoms with Gasteiger partial charge in [0, 0.05) is 11.3 Å². The highest BCUT2D eigenvalue weighted by molar-refractivity contribution is 5.95. The Labute approximate surface area is 79.0 Å². The van der Waals surface area contributed by atoms with Crippen molar-refractivity contribution in [1.29, 1.82) is 0 Å². The Morgan fingerprint density at radius 1 is 1.46 bits per heavy atom. The summed E-state index contributed by atoms with van der Waals surface area (Å²) in [4.78, 5) is 15.6. The SMILES string of the molecule is CCc1nc(C)c(C)cc1C(C)=O. The number of Topliss-reactive ketones (excluding diaryl/α,β-unsaturated/α-hetero) is 1. The second kappa shape index (κ2) is 3.69. The zero-order chi connectivity index (χ0) is 10.0. The van der Waals surface area contributed by atoms with Crippen LogP contribution in [0.2, 0.25) is 0 Å². The number of aryl methyl sites for hydroxylation is 3. The van der Waals surface area contributed by atoms with Crippen molar-refractivity contribution in [2.24, 2.45) is 0 Å². The largest absolute Gasteiger partial charge is 0.294 e. The van der Waals surface area contributed by atoms with E-state index in [0.29, 0.717) is 0 Å². The van der Waals surface area contributed by atoms with E-state index in [1.165, 1.54) is 0 Å². The quantitative estimate of drug-likeness (QED) is 0.649. The van der Waals surface area contributed by atoms with E-state index in [4.69, 9.17) is 0 Å². The molecule has 0 bridgehead atoms. The average molecular weight is 177 g/mol. The van der Waals surface area contributed by atoms with Gasteiger partial charge in [0.1, 0.15) is 0 Å². The molecule has 0 atom stereocenters. The molecular weight excluding hydrogens is 162 g/mol. The first-order chi connectivity index (χ1) is 6.06. The van der Waals surface area contributed by atoms with Gasteiger partial charge in [0.05, 0.1) is 5.69 Å². The molecule has 0 aliphatic rings. The highest BCUT2D eigenvalue weighted by atomic mass is 16.1. The molecule has 0 N–H and O–H groups in total. The molecular formula is C11H15NO. The summed E-state index contributed by atoms with van der Waals surface area (Å²) >= 11 is 0. The number of carbonyl (C=O) groups is 1. The van der Waals surface area contributed by atoms with Crippen molar-refractivity contribution in [3.63, 3.8) is 0 Å². The second-order valence-electron chi connectivity index (χ2n) is 3.29. The smallest absolute Gasteiger partial charge is 0.161 e. The lowest BCUT2D eigenvalue weighted by molar-refractivity contribution is 0.101. The van der Waals surface area contributed by atoms with Gasteiger partial charge in [0.15, 0.2) is 5.78 Å². The first-order valence-corrected chi connectivity index (χ1v) is 4.54. The summed E-state index contributed by atoms with van der Waals surface area (Å²) in [7, 11) is 0. The van der Waals surface area contributed by atoms with Crippen LogP contribution >= 0.6 is 0 Å². The van der Waals surface area contributed by atoms with Crippen molar-refractivity contribution < 1.29 is 4.79 Å². The van der Waals surface area contributed by atoms with E-state index in [1.54, 1.807) is 6.92 Å². The molecule has 70 valence electrons. The molecule has 2 nitrogen and oxygen atoms in total. The summed E-state index contributed by atoms with van der Waals surface area (Å²) in [6, 6.07) is 1.93. The normalized spacial score (nSPS) is 10.2. The molecule has 1 rings (SSSR count). The summed E-state index contributed by atoms with van der Waals surface area (Å²) < 4.78 is 0. The zero-order valence-electron chi connectivity index (χ0n) is 8.64. The van der Waals surface area contributed by atoms with E-state index >= 15 is 0 Å². The summed E-state index contributed by atoms with van der Waals surface area (Å²) in [5, 5.41) is 0. The van der Waals surface area contributed by atoms with Crippen LogP contribution in [-0.4, -0.2) is 10.8 Å². The monoisotopic (exact) mass is 177 g/mol. The fourth-order valence-electron chi connectivity index (χ4n) is 1.33. The van der Waals surface area contributed by atoms with E-state index in [9.17, 15) is 4.79 Å². The Hall–Kier alpha value is -1.18. The van der Waals surface area contributed by atoms with Gasteiger partial charge in [-0.25, -0.2) is 0 Å². The number of rotatable bonds is 2. The minimum atomic E-state index is 0.104. The molecule has 1 aromatic heterocycles. The Morgan fingerprint density at radius 2 is 2.08 bits per heavy atom. The molecule has 0 saturated heterocycles. The Morgan fingerprint density at radius 3 is 2.54 bits per heavy atom. The van der Waals surface area contributed by atoms with Gasteiger partial charge in [-0.1, -0.05) is 6.92 Å². The van der Waals surface area contributed by atoms with Crippen LogP contribution in [0.15, 0.2) is 6.07 Å². The summed E-state index contributed by atoms with van der Waals surface area (Å²) in [6.45, 7) is 7.56. The predicted octanol–water partition coefficient (Wildman–Crippen LogP) is 2.46. The van der Waals surface area contributed by atoms with Crippen LogP contribution in [0.5, 0.6) is 0 Å². The van der Waals surface area contributed by atoms with Gasteiger partial charge in [0.25, 0.3) is 0 Å². The van der Waals surface area contributed by atoms with Gasteiger partial charge in [-0.15, -0.1) is 0 Å². The molecule has 0 radical (unpaired) electrons. The lowest BCUT2D eigenvalue weighted by Gasteiger charge is -2.07. The molecule has 0 saturated carbocycles. The number of nitrogens with zero attached hydrogens (tertiary/aromatic N) is 1. The van der Waals surface area contributed by atoms with Gasteiger partial charge in [-0.3, -0.25) is 9.78 Å². The number of hydrogen-bond acceptors (Lipinski definition) is 2. The van der Waals surface area contributed by atoms with E-state index in [0.717, 1.165) is 28.9 Å². The molecule has 0 aliphatic carbocycles. The minimum Gasteiger partial charge on any atom is -0.294 e. The lowest BCUT2D eigenvalue weighted by atomic mass is 10.0. The van der Waals surface area contributed by atoms with E-state index < -0.39 is 0 Å². The van der Waals surface area contributed by atoms with Gasteiger partial charge >= 0.3 is 0 Å². The van der Waals surface area contributed by atoms with Crippen LogP contribution in [0, 0.1) is 13.8 Å². The van der Waals surface area contributed by atoms with Crippen molar-refractivity contribution in [2.75, 3.05) is 0 Å². The number of aromatic nitrogens is 1. The first kappa shape index (κ1) is 9.90. The maximum Gasteiger partial charge on any atom is 0.161 e. The van der Waals surface area contributed by atoms with Crippen LogP contribution in [0.1, 0.15) is 41.2 Å². The molecule has 0 aliphatic heterocycles. The van der Waals surface area contributed by atoms with E-state index in [2.05, 4.69) is 4.98 Å². The number of pyridine rings is 1. The van der Waals surface area contributed by atoms with Crippen molar-refractivity contribution in [1.82, 2.24) is 4.98 Å². The predicted molar refractivity (Wildman–Crippen MR) is 53.1 cm³/mol. The van der Waals surface area contributed by atoms with Crippen molar-refractivity contribution >= 4 is 5.78 Å². The standard InChI is InChI=1S/C11H15NO/c1-5-11-10(9(4)13)6-7(2)8(3)12-11/h6H,5H2,1-4H3. The molecule has 0 unspecified atom stereocenters. The van der Waals surface area contributed by atoms with E-state index in [-0.39, 0.29) is 5.78 Å². The third-order valence-electron chi connectivity index (χ3n) is 2.26. The van der Waals surface area contributed by atoms with Crippen LogP contribution < -0.4 is 0 Å². The molecule has 0 spiro atoms. The number of carbonyl (C=O) groups excluding carboxylic acids is 1. The Bertz CT molecular complexity index is 342. The van der Waals surface area contributed by atoms with Crippen molar-refractivity contribution in [2.45, 2.75) is 34.1 Å². The summed E-state index contributed by atoms with van der Waals surface area (Å²) in [5.41, 5.74) is 3.78. The molecule has 0 aromatic carbocycles. The molecule has 0 amide bonds. The van der Waals surface area contributed by atoms with E-state index in [1.807, 2.05) is 26.8 Å². The molecule has 2 heteroatoms. The van der Waals surface area contributed by atoms with Crippen LogP contribution in [-0.2, 0) is 6.42 Å². The fraction of sp³-hybridized carbons (Fsp3) is 0.455. The maximum absolute atomic E-state index is 11.2. The van der Waals surface area contributed by atoms with Crippen molar-refractivity contribution in [3.05, 3.63) is 28.6 Å². The average Bonchev–Trinajstić information content (AvgIpc) is 2.08. The van der Waals surface area contributed by atoms with Crippen molar-refractivity contribution in [3.8, 4) is 0 Å². The summed E-state index contributed by atoms with van der Waals surface area (Å²) in [6.07, 6.45) is 0.816. The van der Waals surface area contributed by atoms with Crippen LogP contribution in [0.25, 0.3) is 0 Å². The zero-order valence-corrected chi connectivity index (χ0v) is 8.64. The third kappa shape index (κ3) is 1.94. The highest BCUT2D eigenvalue weighted by Crippen LogP contribution is 2.13. The summed E-state index contributed by atoms with van der Waals surface area (Å²) in [5.74, 6) is 0.104. The molecule has 1 heterocycles.